The fourth-order valence-corrected chi connectivity index (χ4v) is 3.64. The average molecular weight is 461 g/mol. The standard InChI is InChI=1S/C24H46O6.C2H6/c1-9-22(28-6)19(4)13-14-21(25)18(3)12-10-11-17(2)15-20(27-5)16-23(29-7)24(26)30-8;1-2/h10-12,18-26H,9,13-16H2,1-8H3;1-2H3/b12-10+,17-11+;/t18?,19?,20-,21?,22?,23?,24-;/m0./s1. The first-order chi connectivity index (χ1) is 15.2. The minimum atomic E-state index is -0.974. The lowest BCUT2D eigenvalue weighted by Crippen LogP contribution is -2.33. The van der Waals surface area contributed by atoms with E-state index in [2.05, 4.69) is 13.8 Å². The van der Waals surface area contributed by atoms with Gasteiger partial charge in [-0.2, -0.15) is 0 Å². The lowest BCUT2D eigenvalue weighted by atomic mass is 9.91. The first kappa shape index (κ1) is 33.4. The molecule has 5 unspecified atom stereocenters. The molecule has 0 rings (SSSR count). The van der Waals surface area contributed by atoms with Gasteiger partial charge in [-0.15, -0.1) is 0 Å². The summed E-state index contributed by atoms with van der Waals surface area (Å²) in [6.07, 6.45) is 8.45. The van der Waals surface area contributed by atoms with Crippen LogP contribution >= 0.6 is 0 Å². The summed E-state index contributed by atoms with van der Waals surface area (Å²) in [4.78, 5) is 0. The lowest BCUT2D eigenvalue weighted by molar-refractivity contribution is -0.164. The van der Waals surface area contributed by atoms with E-state index in [1.54, 1.807) is 21.3 Å². The summed E-state index contributed by atoms with van der Waals surface area (Å²) in [5.41, 5.74) is 1.15. The number of methoxy groups -OCH3 is 4. The van der Waals surface area contributed by atoms with Crippen LogP contribution in [0.5, 0.6) is 0 Å². The third kappa shape index (κ3) is 14.4. The molecule has 0 aromatic heterocycles. The number of allylic oxidation sites excluding steroid dienone is 2. The summed E-state index contributed by atoms with van der Waals surface area (Å²) in [6.45, 7) is 12.4. The maximum Gasteiger partial charge on any atom is 0.180 e. The Hall–Kier alpha value is -0.760. The molecule has 0 spiro atoms. The van der Waals surface area contributed by atoms with E-state index < -0.39 is 12.4 Å². The largest absolute Gasteiger partial charge is 0.393 e. The number of aliphatic hydroxyl groups is 2. The van der Waals surface area contributed by atoms with Gasteiger partial charge in [-0.05, 0) is 38.5 Å². The van der Waals surface area contributed by atoms with Gasteiger partial charge in [-0.25, -0.2) is 0 Å². The van der Waals surface area contributed by atoms with Crippen molar-refractivity contribution in [2.24, 2.45) is 11.8 Å². The Kier molecular flexibility index (Phi) is 21.7. The molecule has 0 saturated heterocycles. The van der Waals surface area contributed by atoms with Crippen LogP contribution in [-0.4, -0.2) is 69.4 Å². The molecule has 0 saturated carbocycles. The summed E-state index contributed by atoms with van der Waals surface area (Å²) >= 11 is 0. The van der Waals surface area contributed by atoms with Gasteiger partial charge in [-0.1, -0.05) is 58.4 Å². The van der Waals surface area contributed by atoms with Crippen LogP contribution < -0.4 is 0 Å². The van der Waals surface area contributed by atoms with Crippen LogP contribution in [0.3, 0.4) is 0 Å². The summed E-state index contributed by atoms with van der Waals surface area (Å²) in [6, 6.07) is 0. The predicted octanol–water partition coefficient (Wildman–Crippen LogP) is 5.13. The van der Waals surface area contributed by atoms with Gasteiger partial charge in [0.1, 0.15) is 6.10 Å². The molecule has 0 aliphatic rings. The van der Waals surface area contributed by atoms with E-state index in [1.807, 2.05) is 45.9 Å². The molecule has 6 heteroatoms. The smallest absolute Gasteiger partial charge is 0.180 e. The van der Waals surface area contributed by atoms with Crippen LogP contribution in [-0.2, 0) is 18.9 Å². The van der Waals surface area contributed by atoms with Crippen molar-refractivity contribution in [2.45, 2.75) is 104 Å². The fraction of sp³-hybridized carbons (Fsp3) is 0.846. The average Bonchev–Trinajstić information content (AvgIpc) is 2.81. The normalized spacial score (nSPS) is 18.9. The van der Waals surface area contributed by atoms with Gasteiger partial charge in [0.15, 0.2) is 6.29 Å². The zero-order chi connectivity index (χ0) is 25.1. The van der Waals surface area contributed by atoms with E-state index in [4.69, 9.17) is 18.9 Å². The van der Waals surface area contributed by atoms with Gasteiger partial charge < -0.3 is 29.2 Å². The second kappa shape index (κ2) is 20.8. The molecule has 0 amide bonds. The van der Waals surface area contributed by atoms with E-state index in [1.165, 1.54) is 7.11 Å². The zero-order valence-electron chi connectivity index (χ0n) is 22.3. The molecule has 7 atom stereocenters. The van der Waals surface area contributed by atoms with E-state index in [-0.39, 0.29) is 24.2 Å². The van der Waals surface area contributed by atoms with Gasteiger partial charge in [0.25, 0.3) is 0 Å². The highest BCUT2D eigenvalue weighted by molar-refractivity contribution is 5.12. The highest BCUT2D eigenvalue weighted by Crippen LogP contribution is 2.21. The van der Waals surface area contributed by atoms with E-state index in [0.29, 0.717) is 12.3 Å². The van der Waals surface area contributed by atoms with Gasteiger partial charge in [-0.3, -0.25) is 0 Å². The Morgan fingerprint density at radius 1 is 0.875 bits per heavy atom. The number of aliphatic hydroxyl groups excluding tert-OH is 2. The molecule has 32 heavy (non-hydrogen) atoms. The third-order valence-electron chi connectivity index (χ3n) is 5.90. The van der Waals surface area contributed by atoms with E-state index >= 15 is 0 Å². The van der Waals surface area contributed by atoms with Crippen molar-refractivity contribution < 1.29 is 29.2 Å². The maximum atomic E-state index is 10.5. The van der Waals surface area contributed by atoms with Crippen LogP contribution in [0.4, 0.5) is 0 Å². The molecule has 2 N–H and O–H groups in total. The van der Waals surface area contributed by atoms with E-state index in [9.17, 15) is 10.2 Å². The molecule has 0 aliphatic heterocycles. The molecule has 0 aliphatic carbocycles. The molecular weight excluding hydrogens is 408 g/mol. The number of hydrogen-bond acceptors (Lipinski definition) is 6. The highest BCUT2D eigenvalue weighted by Gasteiger charge is 2.23. The summed E-state index contributed by atoms with van der Waals surface area (Å²) in [7, 11) is 6.41. The molecule has 0 fully saturated rings. The summed E-state index contributed by atoms with van der Waals surface area (Å²) in [5.74, 6) is 0.517. The number of ether oxygens (including phenoxy) is 4. The molecule has 0 aromatic rings. The Bertz CT molecular complexity index is 475. The molecule has 6 nitrogen and oxygen atoms in total. The quantitative estimate of drug-likeness (QED) is 0.231. The van der Waals surface area contributed by atoms with Gasteiger partial charge in [0.2, 0.25) is 0 Å². The predicted molar refractivity (Wildman–Crippen MR) is 133 cm³/mol. The number of rotatable bonds is 17. The minimum Gasteiger partial charge on any atom is -0.393 e. The van der Waals surface area contributed by atoms with Crippen molar-refractivity contribution in [1.29, 1.82) is 0 Å². The zero-order valence-corrected chi connectivity index (χ0v) is 22.3. The molecule has 0 heterocycles. The van der Waals surface area contributed by atoms with E-state index in [0.717, 1.165) is 31.3 Å². The van der Waals surface area contributed by atoms with Crippen LogP contribution in [0.2, 0.25) is 0 Å². The van der Waals surface area contributed by atoms with Crippen LogP contribution in [0.15, 0.2) is 23.8 Å². The van der Waals surface area contributed by atoms with Crippen molar-refractivity contribution in [1.82, 2.24) is 0 Å². The maximum absolute atomic E-state index is 10.5. The molecule has 0 bridgehead atoms. The Balaban J connectivity index is 0. The SMILES string of the molecule is CC.CCC(OC)C(C)CCC(O)C(C)/C=C/C=C(\C)C[C@@H](CC(OC)[C@@H](O)OC)OC. The van der Waals surface area contributed by atoms with Crippen molar-refractivity contribution in [3.63, 3.8) is 0 Å². The Morgan fingerprint density at radius 2 is 1.47 bits per heavy atom. The summed E-state index contributed by atoms with van der Waals surface area (Å²) in [5, 5.41) is 20.3. The van der Waals surface area contributed by atoms with Crippen molar-refractivity contribution in [2.75, 3.05) is 28.4 Å². The monoisotopic (exact) mass is 460 g/mol. The number of hydrogen-bond donors (Lipinski definition) is 2. The minimum absolute atomic E-state index is 0.0804. The first-order valence-corrected chi connectivity index (χ1v) is 12.0. The van der Waals surface area contributed by atoms with Crippen LogP contribution in [0.25, 0.3) is 0 Å². The third-order valence-corrected chi connectivity index (χ3v) is 5.90. The van der Waals surface area contributed by atoms with Crippen molar-refractivity contribution in [3.8, 4) is 0 Å². The van der Waals surface area contributed by atoms with Gasteiger partial charge in [0.05, 0.1) is 18.3 Å². The second-order valence-electron chi connectivity index (χ2n) is 8.26. The van der Waals surface area contributed by atoms with Gasteiger partial charge >= 0.3 is 0 Å². The topological polar surface area (TPSA) is 77.4 Å². The first-order valence-electron chi connectivity index (χ1n) is 12.0. The van der Waals surface area contributed by atoms with Crippen LogP contribution in [0, 0.1) is 11.8 Å². The van der Waals surface area contributed by atoms with Crippen LogP contribution in [0.1, 0.15) is 73.6 Å². The summed E-state index contributed by atoms with van der Waals surface area (Å²) < 4.78 is 21.3. The Labute approximate surface area is 198 Å². The molecule has 192 valence electrons. The second-order valence-corrected chi connectivity index (χ2v) is 8.26. The molecule has 0 radical (unpaired) electrons. The van der Waals surface area contributed by atoms with Crippen molar-refractivity contribution >= 4 is 0 Å². The van der Waals surface area contributed by atoms with Gasteiger partial charge in [0, 0.05) is 40.8 Å². The highest BCUT2D eigenvalue weighted by atomic mass is 16.6. The fourth-order valence-electron chi connectivity index (χ4n) is 3.64. The Morgan fingerprint density at radius 3 is 1.94 bits per heavy atom. The molecule has 0 aromatic carbocycles. The molecular formula is C26H52O6. The lowest BCUT2D eigenvalue weighted by Gasteiger charge is -2.25. The van der Waals surface area contributed by atoms with Crippen molar-refractivity contribution in [3.05, 3.63) is 23.8 Å².